The summed E-state index contributed by atoms with van der Waals surface area (Å²) in [5.74, 6) is -0.458. The van der Waals surface area contributed by atoms with E-state index in [1.165, 1.54) is 17.4 Å². The number of hydrogen-bond acceptors (Lipinski definition) is 8. The van der Waals surface area contributed by atoms with Gasteiger partial charge in [0, 0.05) is 25.7 Å². The predicted molar refractivity (Wildman–Crippen MR) is 128 cm³/mol. The summed E-state index contributed by atoms with van der Waals surface area (Å²) in [7, 11) is 0. The van der Waals surface area contributed by atoms with E-state index in [4.69, 9.17) is 0 Å². The Bertz CT molecular complexity index is 1240. The van der Waals surface area contributed by atoms with E-state index in [1.807, 2.05) is 34.6 Å². The van der Waals surface area contributed by atoms with Crippen LogP contribution in [0.15, 0.2) is 18.5 Å². The van der Waals surface area contributed by atoms with E-state index >= 15 is 0 Å². The van der Waals surface area contributed by atoms with Crippen LogP contribution in [0.5, 0.6) is 0 Å². The molecule has 0 aliphatic carbocycles. The van der Waals surface area contributed by atoms with Crippen LogP contribution in [0.2, 0.25) is 0 Å². The number of amides is 2. The number of carbonyl (C=O) groups excluding carboxylic acids is 2. The molecule has 0 radical (unpaired) electrons. The maximum atomic E-state index is 13.6. The molecule has 1 aliphatic heterocycles. The Hall–Kier alpha value is -3.21. The molecule has 1 aliphatic rings. The largest absolute Gasteiger partial charge is 0.348 e. The number of anilines is 1. The average molecular weight is 486 g/mol. The molecular weight excluding hydrogens is 457 g/mol. The molecule has 0 bridgehead atoms. The molecule has 0 saturated carbocycles. The third-order valence-corrected chi connectivity index (χ3v) is 6.40. The van der Waals surface area contributed by atoms with Gasteiger partial charge in [0.25, 0.3) is 5.91 Å². The van der Waals surface area contributed by atoms with Crippen LogP contribution in [-0.2, 0) is 4.79 Å². The van der Waals surface area contributed by atoms with Crippen LogP contribution in [0.3, 0.4) is 0 Å². The smallest absolute Gasteiger partial charge is 0.275 e. The SMILES string of the molecule is Cc1nc2nc(N[C@@H](C)c3cncc(F)c3)nc(C(=O)N3CCN(C(=O)CC(C)(C)C)C3)c2s1. The second-order valence-electron chi connectivity index (χ2n) is 9.69. The lowest BCUT2D eigenvalue weighted by atomic mass is 9.92. The first kappa shape index (κ1) is 23.9. The van der Waals surface area contributed by atoms with Gasteiger partial charge in [-0.1, -0.05) is 20.8 Å². The minimum absolute atomic E-state index is 0.0316. The fourth-order valence-corrected chi connectivity index (χ4v) is 4.59. The molecule has 1 saturated heterocycles. The van der Waals surface area contributed by atoms with E-state index in [-0.39, 0.29) is 41.6 Å². The fraction of sp³-hybridized carbons (Fsp3) is 0.478. The Morgan fingerprint density at radius 3 is 2.62 bits per heavy atom. The van der Waals surface area contributed by atoms with Crippen LogP contribution < -0.4 is 5.32 Å². The number of aromatic nitrogens is 4. The zero-order chi connectivity index (χ0) is 24.6. The number of nitrogens with one attached hydrogen (secondary N) is 1. The Labute approximate surface area is 201 Å². The lowest BCUT2D eigenvalue weighted by molar-refractivity contribution is -0.132. The van der Waals surface area contributed by atoms with E-state index in [0.29, 0.717) is 35.4 Å². The van der Waals surface area contributed by atoms with Crippen LogP contribution in [0, 0.1) is 18.2 Å². The number of pyridine rings is 1. The summed E-state index contributed by atoms with van der Waals surface area (Å²) in [4.78, 5) is 46.7. The standard InChI is InChI=1S/C23H28FN7O2S/c1-13(15-8-16(24)11-25-10-15)26-22-28-18(19-20(29-22)27-14(2)34-19)21(33)31-7-6-30(12-31)17(32)9-23(3,4)5/h8,10-11,13H,6-7,9,12H2,1-5H3,(H,26,28,29)/t13-/m0/s1. The first-order chi connectivity index (χ1) is 16.0. The summed E-state index contributed by atoms with van der Waals surface area (Å²) in [6.07, 6.45) is 3.12. The number of fused-ring (bicyclic) bond motifs is 1. The normalized spacial score (nSPS) is 15.1. The van der Waals surface area contributed by atoms with Gasteiger partial charge in [-0.05, 0) is 30.9 Å². The highest BCUT2D eigenvalue weighted by molar-refractivity contribution is 7.18. The van der Waals surface area contributed by atoms with E-state index in [1.54, 1.807) is 16.0 Å². The molecule has 0 unspecified atom stereocenters. The molecular formula is C23H28FN7O2S. The maximum absolute atomic E-state index is 13.6. The van der Waals surface area contributed by atoms with Gasteiger partial charge in [-0.2, -0.15) is 4.98 Å². The molecule has 3 aromatic heterocycles. The summed E-state index contributed by atoms with van der Waals surface area (Å²) in [6, 6.07) is 1.04. The lowest BCUT2D eigenvalue weighted by Gasteiger charge is -2.23. The molecule has 3 aromatic rings. The van der Waals surface area contributed by atoms with E-state index in [2.05, 4.69) is 25.3 Å². The van der Waals surface area contributed by atoms with E-state index in [0.717, 1.165) is 11.2 Å². The summed E-state index contributed by atoms with van der Waals surface area (Å²) >= 11 is 1.36. The molecule has 11 heteroatoms. The summed E-state index contributed by atoms with van der Waals surface area (Å²) in [6.45, 7) is 10.9. The van der Waals surface area contributed by atoms with Crippen LogP contribution in [-0.4, -0.2) is 61.3 Å². The monoisotopic (exact) mass is 485 g/mol. The van der Waals surface area contributed by atoms with Crippen molar-refractivity contribution in [2.45, 2.75) is 47.1 Å². The molecule has 9 nitrogen and oxygen atoms in total. The van der Waals surface area contributed by atoms with Crippen molar-refractivity contribution in [1.29, 1.82) is 0 Å². The van der Waals surface area contributed by atoms with Crippen LogP contribution in [0.4, 0.5) is 10.3 Å². The van der Waals surface area contributed by atoms with Gasteiger partial charge in [-0.15, -0.1) is 11.3 Å². The second-order valence-corrected chi connectivity index (χ2v) is 10.9. The molecule has 0 spiro atoms. The van der Waals surface area contributed by atoms with Crippen molar-refractivity contribution in [2.75, 3.05) is 25.1 Å². The number of rotatable bonds is 5. The molecule has 1 atom stereocenters. The zero-order valence-electron chi connectivity index (χ0n) is 19.9. The number of nitrogens with zero attached hydrogens (tertiary/aromatic N) is 6. The van der Waals surface area contributed by atoms with Gasteiger partial charge in [0.15, 0.2) is 11.3 Å². The van der Waals surface area contributed by atoms with Gasteiger partial charge >= 0.3 is 0 Å². The number of thiazole rings is 1. The topological polar surface area (TPSA) is 104 Å². The third kappa shape index (κ3) is 5.30. The van der Waals surface area contributed by atoms with Gasteiger partial charge in [0.05, 0.1) is 23.9 Å². The van der Waals surface area contributed by atoms with Gasteiger partial charge in [-0.3, -0.25) is 14.6 Å². The van der Waals surface area contributed by atoms with Gasteiger partial charge in [-0.25, -0.2) is 14.4 Å². The van der Waals surface area contributed by atoms with Crippen molar-refractivity contribution in [2.24, 2.45) is 5.41 Å². The number of carbonyl (C=O) groups is 2. The Kier molecular flexibility index (Phi) is 6.48. The molecule has 34 heavy (non-hydrogen) atoms. The summed E-state index contributed by atoms with van der Waals surface area (Å²) in [5, 5.41) is 3.89. The van der Waals surface area contributed by atoms with Crippen molar-refractivity contribution in [3.05, 3.63) is 40.5 Å². The Balaban J connectivity index is 1.58. The number of hydrogen-bond donors (Lipinski definition) is 1. The third-order valence-electron chi connectivity index (χ3n) is 5.44. The van der Waals surface area contributed by atoms with Crippen LogP contribution in [0.25, 0.3) is 10.3 Å². The van der Waals surface area contributed by atoms with Crippen molar-refractivity contribution < 1.29 is 14.0 Å². The van der Waals surface area contributed by atoms with E-state index in [9.17, 15) is 14.0 Å². The molecule has 2 amide bonds. The Morgan fingerprint density at radius 1 is 1.18 bits per heavy atom. The highest BCUT2D eigenvalue weighted by atomic mass is 32.1. The minimum atomic E-state index is -0.437. The first-order valence-electron chi connectivity index (χ1n) is 11.1. The second kappa shape index (κ2) is 9.21. The summed E-state index contributed by atoms with van der Waals surface area (Å²) in [5.41, 5.74) is 1.17. The van der Waals surface area contributed by atoms with Crippen LogP contribution >= 0.6 is 11.3 Å². The quantitative estimate of drug-likeness (QED) is 0.586. The highest BCUT2D eigenvalue weighted by Crippen LogP contribution is 2.28. The molecule has 0 aromatic carbocycles. The molecule has 180 valence electrons. The number of halogens is 1. The molecule has 1 fully saturated rings. The van der Waals surface area contributed by atoms with Crippen molar-refractivity contribution in [1.82, 2.24) is 29.7 Å². The van der Waals surface area contributed by atoms with Gasteiger partial charge in [0.1, 0.15) is 10.5 Å². The summed E-state index contributed by atoms with van der Waals surface area (Å²) < 4.78 is 14.2. The van der Waals surface area contributed by atoms with Crippen LogP contribution in [0.1, 0.15) is 61.2 Å². The van der Waals surface area contributed by atoms with Crippen molar-refractivity contribution in [3.8, 4) is 0 Å². The molecule has 4 heterocycles. The van der Waals surface area contributed by atoms with Gasteiger partial charge in [0.2, 0.25) is 11.9 Å². The molecule has 1 N–H and O–H groups in total. The first-order valence-corrected chi connectivity index (χ1v) is 11.9. The van der Waals surface area contributed by atoms with E-state index < -0.39 is 5.82 Å². The highest BCUT2D eigenvalue weighted by Gasteiger charge is 2.32. The maximum Gasteiger partial charge on any atom is 0.275 e. The zero-order valence-corrected chi connectivity index (χ0v) is 20.7. The lowest BCUT2D eigenvalue weighted by Crippen LogP contribution is -2.35. The molecule has 4 rings (SSSR count). The van der Waals surface area contributed by atoms with Crippen molar-refractivity contribution in [3.63, 3.8) is 0 Å². The number of aryl methyl sites for hydroxylation is 1. The minimum Gasteiger partial charge on any atom is -0.348 e. The fourth-order valence-electron chi connectivity index (χ4n) is 3.75. The van der Waals surface area contributed by atoms with Crippen molar-refractivity contribution >= 4 is 39.4 Å². The Morgan fingerprint density at radius 2 is 1.91 bits per heavy atom. The predicted octanol–water partition coefficient (Wildman–Crippen LogP) is 3.78. The average Bonchev–Trinajstić information content (AvgIpc) is 3.38. The van der Waals surface area contributed by atoms with Gasteiger partial charge < -0.3 is 15.1 Å².